The fourth-order valence-electron chi connectivity index (χ4n) is 2.05. The number of piperazine rings is 1. The van der Waals surface area contributed by atoms with E-state index >= 15 is 0 Å². The number of carbonyl (C=O) groups excluding carboxylic acids is 1. The lowest BCUT2D eigenvalue weighted by Crippen LogP contribution is -2.48. The van der Waals surface area contributed by atoms with Crippen LogP contribution in [0.3, 0.4) is 0 Å². The molecule has 5 heteroatoms. The highest BCUT2D eigenvalue weighted by atomic mass is 79.9. The molecule has 0 N–H and O–H groups in total. The smallest absolute Gasteiger partial charge is 0.409 e. The molecular weight excluding hydrogens is 296 g/mol. The Morgan fingerprint density at radius 2 is 1.94 bits per heavy atom. The molecule has 0 aromatic heterocycles. The molecule has 2 rings (SSSR count). The summed E-state index contributed by atoms with van der Waals surface area (Å²) in [4.78, 5) is 15.4. The van der Waals surface area contributed by atoms with Crippen LogP contribution in [0.15, 0.2) is 22.7 Å². The Kier molecular flexibility index (Phi) is 4.11. The summed E-state index contributed by atoms with van der Waals surface area (Å²) in [5, 5.41) is 0. The molecule has 1 aliphatic heterocycles. The Balaban J connectivity index is 2.01. The Bertz CT molecular complexity index is 443. The number of benzene rings is 1. The zero-order chi connectivity index (χ0) is 13.1. The molecule has 98 valence electrons. The Labute approximate surface area is 116 Å². The first-order valence-corrected chi connectivity index (χ1v) is 6.75. The van der Waals surface area contributed by atoms with Gasteiger partial charge in [0, 0.05) is 36.3 Å². The Hall–Kier alpha value is -1.23. The highest BCUT2D eigenvalue weighted by Crippen LogP contribution is 2.24. The minimum atomic E-state index is -0.236. The average molecular weight is 313 g/mol. The van der Waals surface area contributed by atoms with E-state index in [1.165, 1.54) is 18.4 Å². The highest BCUT2D eigenvalue weighted by molar-refractivity contribution is 9.10. The van der Waals surface area contributed by atoms with Gasteiger partial charge in [0.25, 0.3) is 0 Å². The highest BCUT2D eigenvalue weighted by Gasteiger charge is 2.21. The van der Waals surface area contributed by atoms with E-state index in [9.17, 15) is 4.79 Å². The molecule has 0 aliphatic carbocycles. The Morgan fingerprint density at radius 1 is 1.28 bits per heavy atom. The van der Waals surface area contributed by atoms with Gasteiger partial charge < -0.3 is 14.5 Å². The van der Waals surface area contributed by atoms with Crippen molar-refractivity contribution in [1.29, 1.82) is 0 Å². The number of ether oxygens (including phenoxy) is 1. The molecule has 1 saturated heterocycles. The molecule has 1 amide bonds. The van der Waals surface area contributed by atoms with Gasteiger partial charge in [-0.15, -0.1) is 0 Å². The van der Waals surface area contributed by atoms with Crippen molar-refractivity contribution >= 4 is 27.7 Å². The van der Waals surface area contributed by atoms with Gasteiger partial charge in [-0.25, -0.2) is 4.79 Å². The summed E-state index contributed by atoms with van der Waals surface area (Å²) in [6, 6.07) is 6.35. The molecule has 0 atom stereocenters. The molecule has 1 fully saturated rings. The standard InChI is InChI=1S/C13H17BrN2O2/c1-10-3-4-11(9-12(10)14)15-5-7-16(8-6-15)13(17)18-2/h3-4,9H,5-8H2,1-2H3. The summed E-state index contributed by atoms with van der Waals surface area (Å²) >= 11 is 3.55. The van der Waals surface area contributed by atoms with Crippen LogP contribution in [-0.4, -0.2) is 44.3 Å². The monoisotopic (exact) mass is 312 g/mol. The van der Waals surface area contributed by atoms with E-state index in [1.807, 2.05) is 0 Å². The third kappa shape index (κ3) is 2.77. The van der Waals surface area contributed by atoms with E-state index in [0.717, 1.165) is 17.6 Å². The van der Waals surface area contributed by atoms with Gasteiger partial charge in [-0.3, -0.25) is 0 Å². The molecule has 1 heterocycles. The minimum absolute atomic E-state index is 0.236. The number of hydrogen-bond donors (Lipinski definition) is 0. The van der Waals surface area contributed by atoms with Crippen LogP contribution in [0.4, 0.5) is 10.5 Å². The average Bonchev–Trinajstić information content (AvgIpc) is 2.41. The number of hydrogen-bond acceptors (Lipinski definition) is 3. The van der Waals surface area contributed by atoms with Gasteiger partial charge in [0.15, 0.2) is 0 Å². The molecular formula is C13H17BrN2O2. The summed E-state index contributed by atoms with van der Waals surface area (Å²) in [6.45, 7) is 5.16. The molecule has 1 aromatic rings. The quantitative estimate of drug-likeness (QED) is 0.799. The second-order valence-electron chi connectivity index (χ2n) is 4.38. The molecule has 0 saturated carbocycles. The number of aryl methyl sites for hydroxylation is 1. The van der Waals surface area contributed by atoms with Gasteiger partial charge in [-0.05, 0) is 24.6 Å². The van der Waals surface area contributed by atoms with Crippen molar-refractivity contribution in [2.24, 2.45) is 0 Å². The number of methoxy groups -OCH3 is 1. The maximum atomic E-state index is 11.4. The zero-order valence-electron chi connectivity index (χ0n) is 10.6. The normalized spacial score (nSPS) is 15.7. The summed E-state index contributed by atoms with van der Waals surface area (Å²) in [5.74, 6) is 0. The van der Waals surface area contributed by atoms with Crippen LogP contribution in [0.1, 0.15) is 5.56 Å². The van der Waals surface area contributed by atoms with Crippen LogP contribution in [0.25, 0.3) is 0 Å². The first kappa shape index (κ1) is 13.2. The lowest BCUT2D eigenvalue weighted by atomic mass is 10.2. The third-order valence-corrected chi connectivity index (χ3v) is 4.09. The maximum Gasteiger partial charge on any atom is 0.409 e. The van der Waals surface area contributed by atoms with E-state index in [0.29, 0.717) is 13.1 Å². The SMILES string of the molecule is COC(=O)N1CCN(c2ccc(C)c(Br)c2)CC1. The molecule has 1 aromatic carbocycles. The number of rotatable bonds is 1. The van der Waals surface area contributed by atoms with E-state index in [4.69, 9.17) is 4.74 Å². The maximum absolute atomic E-state index is 11.4. The van der Waals surface area contributed by atoms with Gasteiger partial charge in [0.2, 0.25) is 0 Å². The predicted molar refractivity (Wildman–Crippen MR) is 75.1 cm³/mol. The van der Waals surface area contributed by atoms with Crippen molar-refractivity contribution in [3.05, 3.63) is 28.2 Å². The third-order valence-electron chi connectivity index (χ3n) is 3.23. The second-order valence-corrected chi connectivity index (χ2v) is 5.23. The van der Waals surface area contributed by atoms with Crippen LogP contribution in [0.2, 0.25) is 0 Å². The molecule has 4 nitrogen and oxygen atoms in total. The molecule has 0 radical (unpaired) electrons. The summed E-state index contributed by atoms with van der Waals surface area (Å²) in [6.07, 6.45) is -0.236. The lowest BCUT2D eigenvalue weighted by Gasteiger charge is -2.35. The molecule has 0 unspecified atom stereocenters. The predicted octanol–water partition coefficient (Wildman–Crippen LogP) is 2.65. The Morgan fingerprint density at radius 3 is 2.50 bits per heavy atom. The summed E-state index contributed by atoms with van der Waals surface area (Å²) in [5.41, 5.74) is 2.42. The van der Waals surface area contributed by atoms with E-state index < -0.39 is 0 Å². The van der Waals surface area contributed by atoms with Gasteiger partial charge >= 0.3 is 6.09 Å². The van der Waals surface area contributed by atoms with Crippen LogP contribution >= 0.6 is 15.9 Å². The van der Waals surface area contributed by atoms with E-state index in [2.05, 4.69) is 46.0 Å². The zero-order valence-corrected chi connectivity index (χ0v) is 12.2. The van der Waals surface area contributed by atoms with E-state index in [1.54, 1.807) is 4.90 Å². The van der Waals surface area contributed by atoms with Crippen molar-refractivity contribution in [2.45, 2.75) is 6.92 Å². The largest absolute Gasteiger partial charge is 0.453 e. The second kappa shape index (κ2) is 5.61. The summed E-state index contributed by atoms with van der Waals surface area (Å²) in [7, 11) is 1.42. The summed E-state index contributed by atoms with van der Waals surface area (Å²) < 4.78 is 5.85. The number of amides is 1. The van der Waals surface area contributed by atoms with Crippen molar-refractivity contribution in [3.8, 4) is 0 Å². The molecule has 1 aliphatic rings. The van der Waals surface area contributed by atoms with Crippen LogP contribution in [0.5, 0.6) is 0 Å². The minimum Gasteiger partial charge on any atom is -0.453 e. The van der Waals surface area contributed by atoms with Crippen LogP contribution < -0.4 is 4.90 Å². The fourth-order valence-corrected chi connectivity index (χ4v) is 2.42. The molecule has 18 heavy (non-hydrogen) atoms. The first-order valence-electron chi connectivity index (χ1n) is 5.96. The topological polar surface area (TPSA) is 32.8 Å². The first-order chi connectivity index (χ1) is 8.61. The molecule has 0 spiro atoms. The van der Waals surface area contributed by atoms with Crippen molar-refractivity contribution in [3.63, 3.8) is 0 Å². The fraction of sp³-hybridized carbons (Fsp3) is 0.462. The van der Waals surface area contributed by atoms with Gasteiger partial charge in [0.1, 0.15) is 0 Å². The van der Waals surface area contributed by atoms with Gasteiger partial charge in [0.05, 0.1) is 7.11 Å². The van der Waals surface area contributed by atoms with Crippen LogP contribution in [-0.2, 0) is 4.74 Å². The van der Waals surface area contributed by atoms with Gasteiger partial charge in [-0.2, -0.15) is 0 Å². The van der Waals surface area contributed by atoms with Crippen molar-refractivity contribution in [1.82, 2.24) is 4.90 Å². The number of nitrogens with zero attached hydrogens (tertiary/aromatic N) is 2. The van der Waals surface area contributed by atoms with E-state index in [-0.39, 0.29) is 6.09 Å². The number of halogens is 1. The van der Waals surface area contributed by atoms with Crippen LogP contribution in [0, 0.1) is 6.92 Å². The number of anilines is 1. The number of carbonyl (C=O) groups is 1. The van der Waals surface area contributed by atoms with Crippen molar-refractivity contribution < 1.29 is 9.53 Å². The van der Waals surface area contributed by atoms with Crippen molar-refractivity contribution in [2.75, 3.05) is 38.2 Å². The van der Waals surface area contributed by atoms with Gasteiger partial charge in [-0.1, -0.05) is 22.0 Å². The molecule has 0 bridgehead atoms. The lowest BCUT2D eigenvalue weighted by molar-refractivity contribution is 0.121.